The van der Waals surface area contributed by atoms with Crippen molar-refractivity contribution in [3.63, 3.8) is 0 Å². The highest BCUT2D eigenvalue weighted by Crippen LogP contribution is 2.26. The van der Waals surface area contributed by atoms with Crippen LogP contribution in [0.15, 0.2) is 24.3 Å². The van der Waals surface area contributed by atoms with Gasteiger partial charge in [0.25, 0.3) is 0 Å². The SMILES string of the molecule is CCOC(=O)c1c2c(nn1C)CCN(C(=O)Nc1ccccc1OCC)C2. The van der Waals surface area contributed by atoms with Gasteiger partial charge in [-0.15, -0.1) is 0 Å². The van der Waals surface area contributed by atoms with E-state index in [1.165, 1.54) is 4.68 Å². The second-order valence-corrected chi connectivity index (χ2v) is 6.15. The number of hydrogen-bond donors (Lipinski definition) is 1. The van der Waals surface area contributed by atoms with E-state index < -0.39 is 5.97 Å². The van der Waals surface area contributed by atoms with E-state index in [0.29, 0.717) is 43.2 Å². The molecular weight excluding hydrogens is 348 g/mol. The maximum atomic E-state index is 12.8. The van der Waals surface area contributed by atoms with Crippen LogP contribution < -0.4 is 10.1 Å². The van der Waals surface area contributed by atoms with Crippen LogP contribution in [0.4, 0.5) is 10.5 Å². The van der Waals surface area contributed by atoms with Gasteiger partial charge in [-0.2, -0.15) is 5.10 Å². The quantitative estimate of drug-likeness (QED) is 0.816. The summed E-state index contributed by atoms with van der Waals surface area (Å²) < 4.78 is 12.2. The van der Waals surface area contributed by atoms with Crippen molar-refractivity contribution in [3.05, 3.63) is 41.2 Å². The van der Waals surface area contributed by atoms with Crippen molar-refractivity contribution in [2.45, 2.75) is 26.8 Å². The van der Waals surface area contributed by atoms with Gasteiger partial charge in [0.15, 0.2) is 5.69 Å². The number of fused-ring (bicyclic) bond motifs is 1. The van der Waals surface area contributed by atoms with Crippen molar-refractivity contribution >= 4 is 17.7 Å². The first-order valence-electron chi connectivity index (χ1n) is 9.04. The molecule has 27 heavy (non-hydrogen) atoms. The molecule has 2 heterocycles. The number of anilines is 1. The second-order valence-electron chi connectivity index (χ2n) is 6.15. The number of carbonyl (C=O) groups excluding carboxylic acids is 2. The molecule has 0 radical (unpaired) electrons. The zero-order valence-electron chi connectivity index (χ0n) is 15.8. The standard InChI is InChI=1S/C19H24N4O4/c1-4-26-16-9-7-6-8-15(16)20-19(25)23-11-10-14-13(12-23)17(22(3)21-14)18(24)27-5-2/h6-9H,4-5,10-12H2,1-3H3,(H,20,25). The number of para-hydroxylation sites is 2. The van der Waals surface area contributed by atoms with Gasteiger partial charge in [-0.3, -0.25) is 4.68 Å². The molecular formula is C19H24N4O4. The summed E-state index contributed by atoms with van der Waals surface area (Å²) >= 11 is 0. The molecule has 0 fully saturated rings. The number of amides is 2. The van der Waals surface area contributed by atoms with Gasteiger partial charge >= 0.3 is 12.0 Å². The molecule has 8 heteroatoms. The Kier molecular flexibility index (Phi) is 5.63. The lowest BCUT2D eigenvalue weighted by Gasteiger charge is -2.27. The number of benzene rings is 1. The largest absolute Gasteiger partial charge is 0.492 e. The summed E-state index contributed by atoms with van der Waals surface area (Å²) in [5.41, 5.74) is 2.60. The summed E-state index contributed by atoms with van der Waals surface area (Å²) in [6, 6.07) is 7.06. The number of urea groups is 1. The highest BCUT2D eigenvalue weighted by Gasteiger charge is 2.30. The Morgan fingerprint density at radius 3 is 2.74 bits per heavy atom. The van der Waals surface area contributed by atoms with Crippen molar-refractivity contribution in [1.82, 2.24) is 14.7 Å². The zero-order chi connectivity index (χ0) is 19.4. The number of ether oxygens (including phenoxy) is 2. The van der Waals surface area contributed by atoms with E-state index in [0.717, 1.165) is 11.3 Å². The van der Waals surface area contributed by atoms with E-state index in [1.807, 2.05) is 25.1 Å². The van der Waals surface area contributed by atoms with Gasteiger partial charge in [0.1, 0.15) is 5.75 Å². The van der Waals surface area contributed by atoms with E-state index in [9.17, 15) is 9.59 Å². The third-order valence-electron chi connectivity index (χ3n) is 4.38. The van der Waals surface area contributed by atoms with Crippen LogP contribution in [0.3, 0.4) is 0 Å². The van der Waals surface area contributed by atoms with E-state index in [-0.39, 0.29) is 12.6 Å². The highest BCUT2D eigenvalue weighted by molar-refractivity contribution is 5.92. The molecule has 3 rings (SSSR count). The fourth-order valence-electron chi connectivity index (χ4n) is 3.17. The van der Waals surface area contributed by atoms with Crippen LogP contribution in [0.25, 0.3) is 0 Å². The Hall–Kier alpha value is -3.03. The number of esters is 1. The molecule has 0 saturated heterocycles. The summed E-state index contributed by atoms with van der Waals surface area (Å²) in [7, 11) is 1.72. The van der Waals surface area contributed by atoms with Gasteiger partial charge in [-0.25, -0.2) is 9.59 Å². The summed E-state index contributed by atoms with van der Waals surface area (Å²) in [5.74, 6) is 0.206. The van der Waals surface area contributed by atoms with E-state index in [4.69, 9.17) is 9.47 Å². The van der Waals surface area contributed by atoms with Crippen LogP contribution >= 0.6 is 0 Å². The number of hydrogen-bond acceptors (Lipinski definition) is 5. The van der Waals surface area contributed by atoms with Crippen molar-refractivity contribution < 1.29 is 19.1 Å². The third-order valence-corrected chi connectivity index (χ3v) is 4.38. The molecule has 1 aromatic carbocycles. The molecule has 1 N–H and O–H groups in total. The molecule has 1 aliphatic heterocycles. The van der Waals surface area contributed by atoms with Gasteiger partial charge in [-0.1, -0.05) is 12.1 Å². The summed E-state index contributed by atoms with van der Waals surface area (Å²) in [6.07, 6.45) is 0.586. The minimum atomic E-state index is -0.419. The molecule has 2 aromatic rings. The monoisotopic (exact) mass is 372 g/mol. The molecule has 0 bridgehead atoms. The molecule has 144 valence electrons. The summed E-state index contributed by atoms with van der Waals surface area (Å²) in [6.45, 7) is 5.28. The highest BCUT2D eigenvalue weighted by atomic mass is 16.5. The maximum absolute atomic E-state index is 12.8. The summed E-state index contributed by atoms with van der Waals surface area (Å²) in [4.78, 5) is 26.7. The zero-order valence-corrected chi connectivity index (χ0v) is 15.8. The number of nitrogens with zero attached hydrogens (tertiary/aromatic N) is 3. The number of nitrogens with one attached hydrogen (secondary N) is 1. The third kappa shape index (κ3) is 3.89. The minimum absolute atomic E-state index is 0.244. The van der Waals surface area contributed by atoms with Gasteiger partial charge in [0.2, 0.25) is 0 Å². The Morgan fingerprint density at radius 1 is 1.22 bits per heavy atom. The van der Waals surface area contributed by atoms with E-state index >= 15 is 0 Å². The van der Waals surface area contributed by atoms with Crippen LogP contribution in [-0.2, 0) is 24.8 Å². The molecule has 0 spiro atoms. The molecule has 0 atom stereocenters. The Bertz CT molecular complexity index is 846. The van der Waals surface area contributed by atoms with Crippen LogP contribution in [0.1, 0.15) is 35.6 Å². The van der Waals surface area contributed by atoms with Crippen molar-refractivity contribution in [2.24, 2.45) is 7.05 Å². The Labute approximate surface area is 158 Å². The van der Waals surface area contributed by atoms with Gasteiger partial charge in [0, 0.05) is 25.6 Å². The van der Waals surface area contributed by atoms with Crippen molar-refractivity contribution in [1.29, 1.82) is 0 Å². The van der Waals surface area contributed by atoms with Gasteiger partial charge in [0.05, 0.1) is 31.1 Å². The van der Waals surface area contributed by atoms with Gasteiger partial charge in [-0.05, 0) is 26.0 Å². The Morgan fingerprint density at radius 2 is 2.00 bits per heavy atom. The lowest BCUT2D eigenvalue weighted by atomic mass is 10.1. The first kappa shape index (κ1) is 18.8. The maximum Gasteiger partial charge on any atom is 0.356 e. The number of aryl methyl sites for hydroxylation is 1. The number of aromatic nitrogens is 2. The minimum Gasteiger partial charge on any atom is -0.492 e. The van der Waals surface area contributed by atoms with Crippen molar-refractivity contribution in [3.8, 4) is 5.75 Å². The lowest BCUT2D eigenvalue weighted by Crippen LogP contribution is -2.39. The molecule has 1 aromatic heterocycles. The van der Waals surface area contributed by atoms with Crippen LogP contribution in [0.5, 0.6) is 5.75 Å². The molecule has 0 unspecified atom stereocenters. The summed E-state index contributed by atoms with van der Waals surface area (Å²) in [5, 5.41) is 7.30. The van der Waals surface area contributed by atoms with Crippen LogP contribution in [0, 0.1) is 0 Å². The number of rotatable bonds is 5. The molecule has 0 aliphatic carbocycles. The van der Waals surface area contributed by atoms with Gasteiger partial charge < -0.3 is 19.7 Å². The molecule has 1 aliphatic rings. The normalized spacial score (nSPS) is 13.1. The second kappa shape index (κ2) is 8.11. The van der Waals surface area contributed by atoms with Crippen molar-refractivity contribution in [2.75, 3.05) is 25.1 Å². The first-order chi connectivity index (χ1) is 13.0. The van der Waals surface area contributed by atoms with Crippen LogP contribution in [-0.4, -0.2) is 46.4 Å². The fourth-order valence-corrected chi connectivity index (χ4v) is 3.17. The smallest absolute Gasteiger partial charge is 0.356 e. The first-order valence-corrected chi connectivity index (χ1v) is 9.04. The average Bonchev–Trinajstić information content (AvgIpc) is 2.98. The van der Waals surface area contributed by atoms with Crippen LogP contribution in [0.2, 0.25) is 0 Å². The average molecular weight is 372 g/mol. The topological polar surface area (TPSA) is 85.7 Å². The lowest BCUT2D eigenvalue weighted by molar-refractivity contribution is 0.0511. The predicted molar refractivity (Wildman–Crippen MR) is 99.9 cm³/mol. The molecule has 2 amide bonds. The Balaban J connectivity index is 1.78. The predicted octanol–water partition coefficient (Wildman–Crippen LogP) is 2.59. The van der Waals surface area contributed by atoms with E-state index in [1.54, 1.807) is 24.9 Å². The molecule has 0 saturated carbocycles. The van der Waals surface area contributed by atoms with E-state index in [2.05, 4.69) is 10.4 Å². The fraction of sp³-hybridized carbons (Fsp3) is 0.421. The molecule has 8 nitrogen and oxygen atoms in total. The number of carbonyl (C=O) groups is 2.